The molecule has 0 amide bonds. The zero-order valence-electron chi connectivity index (χ0n) is 14.3. The van der Waals surface area contributed by atoms with Crippen molar-refractivity contribution in [3.63, 3.8) is 0 Å². The first-order chi connectivity index (χ1) is 11.8. The smallest absolute Gasteiger partial charge is 0.151 e. The average Bonchev–Trinajstić information content (AvgIpc) is 3.23. The molecule has 3 heterocycles. The van der Waals surface area contributed by atoms with Gasteiger partial charge in [-0.1, -0.05) is 0 Å². The minimum atomic E-state index is 0.578. The summed E-state index contributed by atoms with van der Waals surface area (Å²) in [6.07, 6.45) is 7.12. The Hall–Kier alpha value is -1.95. The van der Waals surface area contributed by atoms with Gasteiger partial charge in [0.15, 0.2) is 5.82 Å². The quantitative estimate of drug-likeness (QED) is 0.923. The summed E-state index contributed by atoms with van der Waals surface area (Å²) in [7, 11) is 2.21. The summed E-state index contributed by atoms with van der Waals surface area (Å²) in [6.45, 7) is 3.02. The van der Waals surface area contributed by atoms with Gasteiger partial charge in [0.05, 0.1) is 11.4 Å². The molecule has 0 spiro atoms. The number of hydrogen-bond acceptors (Lipinski definition) is 5. The Labute approximate surface area is 142 Å². The second-order valence-corrected chi connectivity index (χ2v) is 7.48. The zero-order valence-corrected chi connectivity index (χ0v) is 14.3. The third kappa shape index (κ3) is 2.32. The lowest BCUT2D eigenvalue weighted by molar-refractivity contribution is 0.194. The Morgan fingerprint density at radius 3 is 2.96 bits per heavy atom. The lowest BCUT2D eigenvalue weighted by Gasteiger charge is -2.44. The summed E-state index contributed by atoms with van der Waals surface area (Å²) in [4.78, 5) is 4.79. The van der Waals surface area contributed by atoms with E-state index in [0.29, 0.717) is 6.04 Å². The average molecular weight is 324 g/mol. The summed E-state index contributed by atoms with van der Waals surface area (Å²) in [5.41, 5.74) is 6.70. The van der Waals surface area contributed by atoms with Gasteiger partial charge < -0.3 is 4.90 Å². The van der Waals surface area contributed by atoms with Crippen LogP contribution in [0.25, 0.3) is 0 Å². The van der Waals surface area contributed by atoms with Crippen LogP contribution in [-0.4, -0.2) is 51.5 Å². The molecule has 1 saturated heterocycles. The maximum Gasteiger partial charge on any atom is 0.151 e. The molecule has 0 atom stereocenters. The van der Waals surface area contributed by atoms with Crippen molar-refractivity contribution in [3.05, 3.63) is 34.3 Å². The van der Waals surface area contributed by atoms with Gasteiger partial charge in [-0.3, -0.25) is 10.00 Å². The summed E-state index contributed by atoms with van der Waals surface area (Å²) in [5.74, 6) is 1.06. The van der Waals surface area contributed by atoms with Crippen LogP contribution in [0.5, 0.6) is 0 Å². The molecule has 1 aliphatic heterocycles. The van der Waals surface area contributed by atoms with Crippen LogP contribution in [-0.2, 0) is 32.2 Å². The third-order valence-electron chi connectivity index (χ3n) is 5.91. The van der Waals surface area contributed by atoms with Gasteiger partial charge in [0.2, 0.25) is 0 Å². The van der Waals surface area contributed by atoms with Crippen LogP contribution in [0.3, 0.4) is 0 Å². The van der Waals surface area contributed by atoms with Crippen LogP contribution in [0.2, 0.25) is 0 Å². The van der Waals surface area contributed by atoms with Gasteiger partial charge in [0, 0.05) is 31.4 Å². The van der Waals surface area contributed by atoms with Gasteiger partial charge in [-0.2, -0.15) is 10.2 Å². The maximum atomic E-state index is 4.53. The largest absolute Gasteiger partial charge is 0.352 e. The first-order valence-electron chi connectivity index (χ1n) is 9.13. The van der Waals surface area contributed by atoms with E-state index in [9.17, 15) is 0 Å². The van der Waals surface area contributed by atoms with Crippen LogP contribution in [0.4, 0.5) is 5.82 Å². The molecule has 0 saturated carbocycles. The van der Waals surface area contributed by atoms with Crippen LogP contribution in [0.15, 0.2) is 6.07 Å². The Morgan fingerprint density at radius 1 is 1.17 bits per heavy atom. The monoisotopic (exact) mass is 324 g/mol. The van der Waals surface area contributed by atoms with Crippen LogP contribution in [0.1, 0.15) is 41.1 Å². The fourth-order valence-corrected chi connectivity index (χ4v) is 4.28. The number of nitrogens with zero attached hydrogens (tertiary/aromatic N) is 5. The molecular formula is C18H24N6. The van der Waals surface area contributed by atoms with Crippen molar-refractivity contribution < 1.29 is 0 Å². The van der Waals surface area contributed by atoms with Crippen molar-refractivity contribution >= 4 is 5.82 Å². The standard InChI is InChI=1S/C18H24N6/c1-23(11-17-14-5-3-7-16(14)20-21-17)13-9-24(10-13)18-8-12-4-2-6-15(12)19-22-18/h8,13H,2-7,9-11H2,1H3,(H,20,21). The van der Waals surface area contributed by atoms with E-state index in [-0.39, 0.29) is 0 Å². The molecule has 2 aromatic heterocycles. The van der Waals surface area contributed by atoms with Gasteiger partial charge in [-0.05, 0) is 62.8 Å². The third-order valence-corrected chi connectivity index (χ3v) is 5.91. The normalized spacial score (nSPS) is 19.7. The molecule has 0 bridgehead atoms. The van der Waals surface area contributed by atoms with E-state index < -0.39 is 0 Å². The predicted octanol–water partition coefficient (Wildman–Crippen LogP) is 1.50. The number of likely N-dealkylation sites (N-methyl/N-ethyl adjacent to an activating group) is 1. The van der Waals surface area contributed by atoms with Gasteiger partial charge >= 0.3 is 0 Å². The number of aryl methyl sites for hydroxylation is 3. The molecule has 5 rings (SSSR count). The second-order valence-electron chi connectivity index (χ2n) is 7.48. The van der Waals surface area contributed by atoms with Gasteiger partial charge in [0.25, 0.3) is 0 Å². The Bertz CT molecular complexity index is 761. The van der Waals surface area contributed by atoms with E-state index >= 15 is 0 Å². The summed E-state index contributed by atoms with van der Waals surface area (Å²) in [6, 6.07) is 2.83. The molecule has 0 unspecified atom stereocenters. The molecule has 2 aromatic rings. The number of anilines is 1. The second kappa shape index (κ2) is 5.55. The van der Waals surface area contributed by atoms with Crippen molar-refractivity contribution in [3.8, 4) is 0 Å². The number of hydrogen-bond donors (Lipinski definition) is 1. The van der Waals surface area contributed by atoms with E-state index in [0.717, 1.165) is 31.9 Å². The highest BCUT2D eigenvalue weighted by atomic mass is 15.4. The molecule has 3 aliphatic rings. The number of H-pyrrole nitrogens is 1. The van der Waals surface area contributed by atoms with Crippen LogP contribution in [0, 0.1) is 0 Å². The van der Waals surface area contributed by atoms with Crippen molar-refractivity contribution in [2.24, 2.45) is 0 Å². The van der Waals surface area contributed by atoms with Crippen LogP contribution >= 0.6 is 0 Å². The Balaban J connectivity index is 1.21. The molecule has 6 nitrogen and oxygen atoms in total. The van der Waals surface area contributed by atoms with Crippen molar-refractivity contribution in [2.45, 2.75) is 51.1 Å². The molecule has 2 aliphatic carbocycles. The number of nitrogens with one attached hydrogen (secondary N) is 1. The fraction of sp³-hybridized carbons (Fsp3) is 0.611. The first-order valence-corrected chi connectivity index (χ1v) is 9.13. The fourth-order valence-electron chi connectivity index (χ4n) is 4.28. The molecule has 0 aromatic carbocycles. The van der Waals surface area contributed by atoms with Crippen molar-refractivity contribution in [1.82, 2.24) is 25.3 Å². The molecule has 1 N–H and O–H groups in total. The van der Waals surface area contributed by atoms with E-state index in [1.165, 1.54) is 60.3 Å². The highest BCUT2D eigenvalue weighted by molar-refractivity contribution is 5.45. The topological polar surface area (TPSA) is 60.9 Å². The molecule has 24 heavy (non-hydrogen) atoms. The van der Waals surface area contributed by atoms with E-state index in [1.807, 2.05) is 0 Å². The number of rotatable bonds is 4. The van der Waals surface area contributed by atoms with Gasteiger partial charge in [-0.25, -0.2) is 0 Å². The lowest BCUT2D eigenvalue weighted by Crippen LogP contribution is -2.58. The summed E-state index contributed by atoms with van der Waals surface area (Å²) < 4.78 is 0. The van der Waals surface area contributed by atoms with E-state index in [2.05, 4.69) is 43.3 Å². The molecule has 1 fully saturated rings. The highest BCUT2D eigenvalue weighted by Gasteiger charge is 2.32. The predicted molar refractivity (Wildman–Crippen MR) is 92.1 cm³/mol. The minimum absolute atomic E-state index is 0.578. The molecule has 6 heteroatoms. The van der Waals surface area contributed by atoms with Crippen molar-refractivity contribution in [1.29, 1.82) is 0 Å². The van der Waals surface area contributed by atoms with Gasteiger partial charge in [-0.15, -0.1) is 5.10 Å². The van der Waals surface area contributed by atoms with Crippen LogP contribution < -0.4 is 4.90 Å². The van der Waals surface area contributed by atoms with E-state index in [4.69, 9.17) is 0 Å². The van der Waals surface area contributed by atoms with E-state index in [1.54, 1.807) is 0 Å². The molecule has 0 radical (unpaired) electrons. The summed E-state index contributed by atoms with van der Waals surface area (Å²) in [5, 5.41) is 16.6. The molecule has 126 valence electrons. The Morgan fingerprint density at radius 2 is 2.04 bits per heavy atom. The zero-order chi connectivity index (χ0) is 16.1. The Kier molecular flexibility index (Phi) is 3.33. The number of aromatic nitrogens is 4. The number of aromatic amines is 1. The lowest BCUT2D eigenvalue weighted by atomic mass is 10.1. The molecular weight excluding hydrogens is 300 g/mol. The maximum absolute atomic E-state index is 4.53. The SMILES string of the molecule is CN(Cc1n[nH]c2c1CCC2)C1CN(c2cc3c(nn2)CCC3)C1. The van der Waals surface area contributed by atoms with Crippen molar-refractivity contribution in [2.75, 3.05) is 25.0 Å². The highest BCUT2D eigenvalue weighted by Crippen LogP contribution is 2.28. The minimum Gasteiger partial charge on any atom is -0.352 e. The first kappa shape index (κ1) is 14.4. The van der Waals surface area contributed by atoms with Gasteiger partial charge in [0.1, 0.15) is 0 Å². The summed E-state index contributed by atoms with van der Waals surface area (Å²) >= 11 is 0. The number of fused-ring (bicyclic) bond motifs is 2.